The Hall–Kier alpha value is -6.68. The van der Waals surface area contributed by atoms with Crippen molar-refractivity contribution in [3.63, 3.8) is 0 Å². The molecule has 0 radical (unpaired) electrons. The highest BCUT2D eigenvalue weighted by Gasteiger charge is 2.45. The van der Waals surface area contributed by atoms with E-state index in [0.29, 0.717) is 82.1 Å². The number of aromatic nitrogens is 1. The highest BCUT2D eigenvalue weighted by atomic mass is 35.5. The summed E-state index contributed by atoms with van der Waals surface area (Å²) >= 11 is 9.64. The molecule has 3 N–H and O–H groups in total. The molecule has 1 aliphatic carbocycles. The Morgan fingerprint density at radius 1 is 0.837 bits per heavy atom. The second kappa shape index (κ2) is 36.3. The van der Waals surface area contributed by atoms with Crippen LogP contribution in [0.3, 0.4) is 0 Å². The minimum atomic E-state index is -4.24. The van der Waals surface area contributed by atoms with Crippen molar-refractivity contribution in [2.75, 3.05) is 121 Å². The van der Waals surface area contributed by atoms with Gasteiger partial charge in [0.1, 0.15) is 30.2 Å². The minimum Gasteiger partial charge on any atom is -0.391 e. The van der Waals surface area contributed by atoms with Crippen LogP contribution in [0, 0.1) is 23.7 Å². The lowest BCUT2D eigenvalue weighted by molar-refractivity contribution is -0.144. The number of sulfone groups is 2. The predicted octanol–water partition coefficient (Wildman–Crippen LogP) is 11.0. The first kappa shape index (κ1) is 79.9. The number of benzene rings is 5. The molecule has 5 aromatic carbocycles. The lowest BCUT2D eigenvalue weighted by Gasteiger charge is -2.40. The van der Waals surface area contributed by atoms with E-state index in [1.54, 1.807) is 41.3 Å². The number of hydrogen-bond acceptors (Lipinski definition) is 19. The average Bonchev–Trinajstić information content (AvgIpc) is 1.05. The first-order valence-electron chi connectivity index (χ1n) is 36.0. The molecule has 1 unspecified atom stereocenters. The number of β-amino-alcohol motifs (C(OH)–C–C–N with tert-alkyl or cyclic N) is 1. The van der Waals surface area contributed by atoms with Gasteiger partial charge in [0.2, 0.25) is 17.7 Å². The number of nitrogens with zero attached hydrogens (tertiary/aromatic N) is 5. The molecule has 25 heteroatoms. The lowest BCUT2D eigenvalue weighted by atomic mass is 9.68. The molecule has 0 spiro atoms. The molecule has 3 aliphatic heterocycles. The van der Waals surface area contributed by atoms with Crippen molar-refractivity contribution in [2.24, 2.45) is 16.7 Å². The van der Waals surface area contributed by atoms with E-state index in [0.717, 1.165) is 95.4 Å². The Balaban J connectivity index is 0.665. The number of Topliss-reactive ketones (excluding diaryl/α,β-unsaturated/α-hetero) is 2. The zero-order chi connectivity index (χ0) is 74.3. The molecule has 4 heterocycles. The molecule has 3 saturated heterocycles. The maximum Gasteiger partial charge on any atom is 0.246 e. The zero-order valence-electron chi connectivity index (χ0n) is 60.8. The number of ether oxygens (including phenoxy) is 3. The number of aliphatic hydroxyl groups excluding tert-OH is 1. The topological polar surface area (TPSA) is 251 Å². The standard InChI is InChI=1S/C79H100ClN7O13S4/c1-54(57-15-17-60(18-16-57)74-55(2)81-53-102-74)82-76(92)69-45-65(88)49-87(69)77(93)75(78(3,4)5)83-73(91)50-100-43-42-98-39-11-14-72(90)79(6)31-29-68(58-19-24-63(80)25-20-58)62(47-79)48-85-33-35-86(36-34-85)64-26-21-59(22-27-64)70(89)52-104(96,97)67-28-23-61(71(46-67)103(7,94)95)44-56(30-32-84-37-40-99-41-38-84)51-101-66-12-9-8-10-13-66/h8-10,12-13,15-28,46,53-54,56,65,69,75,88H,11,14,29-45,47-52H2,1-7H3,(H,82,92)(H,83,91)/t54-,56-,65+,69-,75+,79?/m0/s1. The molecular weight excluding hydrogens is 1420 g/mol. The molecule has 10 rings (SSSR count). The first-order chi connectivity index (χ1) is 49.6. The number of ketones is 2. The van der Waals surface area contributed by atoms with Crippen molar-refractivity contribution < 1.29 is 60.1 Å². The zero-order valence-corrected chi connectivity index (χ0v) is 64.8. The summed E-state index contributed by atoms with van der Waals surface area (Å²) in [6, 6.07) is 34.7. The maximum atomic E-state index is 14.2. The fourth-order valence-electron chi connectivity index (χ4n) is 14.2. The minimum absolute atomic E-state index is 0.0414. The van der Waals surface area contributed by atoms with Gasteiger partial charge in [0.15, 0.2) is 25.5 Å². The van der Waals surface area contributed by atoms with Crippen LogP contribution in [-0.2, 0) is 59.5 Å². The van der Waals surface area contributed by atoms with Crippen LogP contribution in [0.4, 0.5) is 5.69 Å². The van der Waals surface area contributed by atoms with Crippen LogP contribution in [0.25, 0.3) is 16.0 Å². The van der Waals surface area contributed by atoms with Gasteiger partial charge < -0.3 is 39.8 Å². The normalized spacial score (nSPS) is 19.5. The van der Waals surface area contributed by atoms with Gasteiger partial charge in [-0.05, 0) is 159 Å². The lowest BCUT2D eigenvalue weighted by Crippen LogP contribution is -2.58. The molecule has 0 saturated carbocycles. The number of allylic oxidation sites excluding steroid dienone is 1. The molecule has 560 valence electrons. The van der Waals surface area contributed by atoms with Gasteiger partial charge in [-0.3, -0.25) is 33.8 Å². The Morgan fingerprint density at radius 3 is 2.20 bits per heavy atom. The van der Waals surface area contributed by atoms with Crippen LogP contribution >= 0.6 is 34.7 Å². The summed E-state index contributed by atoms with van der Waals surface area (Å²) in [5.74, 6) is -1.79. The molecular formula is C79H100ClN7O13S4. The maximum absolute atomic E-state index is 14.2. The number of thiazole rings is 1. The number of likely N-dealkylation sites (tertiary alicyclic amines) is 1. The summed E-state index contributed by atoms with van der Waals surface area (Å²) < 4.78 is 71.8. The van der Waals surface area contributed by atoms with Crippen molar-refractivity contribution in [1.82, 2.24) is 30.3 Å². The smallest absolute Gasteiger partial charge is 0.246 e. The monoisotopic (exact) mass is 1520 g/mol. The van der Waals surface area contributed by atoms with Crippen LogP contribution < -0.4 is 15.5 Å². The second-order valence-corrected chi connectivity index (χ2v) is 35.7. The molecule has 3 amide bonds. The van der Waals surface area contributed by atoms with Gasteiger partial charge in [-0.15, -0.1) is 23.1 Å². The van der Waals surface area contributed by atoms with Gasteiger partial charge in [-0.25, -0.2) is 21.8 Å². The van der Waals surface area contributed by atoms with Crippen molar-refractivity contribution in [2.45, 2.75) is 132 Å². The molecule has 6 atom stereocenters. The number of rotatable bonds is 33. The van der Waals surface area contributed by atoms with Gasteiger partial charge in [0, 0.05) is 110 Å². The Bertz CT molecular complexity index is 4200. The third-order valence-electron chi connectivity index (χ3n) is 20.3. The van der Waals surface area contributed by atoms with Crippen LogP contribution in [0.15, 0.2) is 147 Å². The summed E-state index contributed by atoms with van der Waals surface area (Å²) in [5, 5.41) is 17.3. The van der Waals surface area contributed by atoms with E-state index >= 15 is 0 Å². The molecule has 104 heavy (non-hydrogen) atoms. The number of piperazine rings is 1. The average molecular weight is 1520 g/mol. The van der Waals surface area contributed by atoms with Gasteiger partial charge in [0.25, 0.3) is 0 Å². The third-order valence-corrected chi connectivity index (χ3v) is 25.6. The van der Waals surface area contributed by atoms with Crippen molar-refractivity contribution in [3.05, 3.63) is 165 Å². The number of thioether (sulfide) groups is 1. The van der Waals surface area contributed by atoms with Crippen LogP contribution in [0.5, 0.6) is 0 Å². The Morgan fingerprint density at radius 2 is 1.53 bits per heavy atom. The third kappa shape index (κ3) is 21.8. The quantitative estimate of drug-likeness (QED) is 0.0197. The number of nitrogens with one attached hydrogen (secondary N) is 2. The van der Waals surface area contributed by atoms with Crippen LogP contribution in [0.1, 0.15) is 118 Å². The van der Waals surface area contributed by atoms with Gasteiger partial charge in [0.05, 0.1) is 64.4 Å². The predicted molar refractivity (Wildman–Crippen MR) is 410 cm³/mol. The summed E-state index contributed by atoms with van der Waals surface area (Å²) in [7, 11) is -8.10. The molecule has 1 aromatic heterocycles. The van der Waals surface area contributed by atoms with Crippen molar-refractivity contribution in [3.8, 4) is 10.4 Å². The van der Waals surface area contributed by atoms with E-state index < -0.39 is 77.9 Å². The van der Waals surface area contributed by atoms with Crippen LogP contribution in [0.2, 0.25) is 5.02 Å². The first-order valence-corrected chi connectivity index (χ1v) is 41.8. The Labute approximate surface area is 626 Å². The summed E-state index contributed by atoms with van der Waals surface area (Å²) in [6.07, 6.45) is 4.35. The van der Waals surface area contributed by atoms with Gasteiger partial charge >= 0.3 is 0 Å². The Kier molecular flexibility index (Phi) is 27.9. The summed E-state index contributed by atoms with van der Waals surface area (Å²) in [6.45, 7) is 19.0. The van der Waals surface area contributed by atoms with Crippen molar-refractivity contribution in [1.29, 1.82) is 0 Å². The van der Waals surface area contributed by atoms with E-state index in [9.17, 15) is 45.9 Å². The number of carbonyl (C=O) groups is 5. The number of hydrogen-bond donors (Lipinski definition) is 3. The number of carbonyl (C=O) groups excluding carboxylic acids is 5. The highest BCUT2D eigenvalue weighted by molar-refractivity contribution is 7.99. The second-order valence-electron chi connectivity index (χ2n) is 29.4. The SMILES string of the molecule is Cc1ncsc1-c1ccc([C@H](C)NC(=O)[C@@H]2C[C@@H](O)CN2C(=O)[C@@H](NC(=O)COCCOCCCC(=O)C2(C)CCC(c3ccc(Cl)cc3)=C(CN3CCN(c4ccc(C(=O)CS(=O)(=O)c5ccc(C[C@H](CCN6CCOCC6)CSc6ccccc6)c(S(C)(=O)=O)c5)cc4)CC3)C2)C(C)(C)C)cc1. The van der Waals surface area contributed by atoms with Crippen LogP contribution in [-0.4, -0.2) is 205 Å². The van der Waals surface area contributed by atoms with Gasteiger partial charge in [-0.2, -0.15) is 0 Å². The highest BCUT2D eigenvalue weighted by Crippen LogP contribution is 2.45. The number of amides is 3. The molecule has 0 bridgehead atoms. The van der Waals surface area contributed by atoms with Crippen molar-refractivity contribution >= 4 is 94.9 Å². The fraction of sp³-hybridized carbons (Fsp3) is 0.494. The summed E-state index contributed by atoms with van der Waals surface area (Å²) in [4.78, 5) is 84.0. The largest absolute Gasteiger partial charge is 0.391 e. The van der Waals surface area contributed by atoms with E-state index in [4.69, 9.17) is 25.8 Å². The van der Waals surface area contributed by atoms with E-state index in [1.165, 1.54) is 28.2 Å². The molecule has 3 fully saturated rings. The number of aliphatic hydroxyl groups is 1. The van der Waals surface area contributed by atoms with E-state index in [2.05, 4.69) is 49.4 Å². The molecule has 20 nitrogen and oxygen atoms in total. The summed E-state index contributed by atoms with van der Waals surface area (Å²) in [5.41, 5.74) is 8.52. The van der Waals surface area contributed by atoms with E-state index in [-0.39, 0.29) is 65.9 Å². The molecule has 6 aromatic rings. The number of morpholine rings is 1. The van der Waals surface area contributed by atoms with E-state index in [1.807, 2.05) is 119 Å². The van der Waals surface area contributed by atoms with Gasteiger partial charge in [-0.1, -0.05) is 106 Å². The number of halogens is 1. The number of anilines is 1. The fourth-order valence-corrected chi connectivity index (χ4v) is 18.5. The molecule has 4 aliphatic rings. The number of aryl methyl sites for hydroxylation is 1.